The minimum absolute atomic E-state index is 0.114. The van der Waals surface area contributed by atoms with Gasteiger partial charge in [-0.15, -0.1) is 0 Å². The second-order valence-electron chi connectivity index (χ2n) is 3.82. The Kier molecular flexibility index (Phi) is 3.79. The lowest BCUT2D eigenvalue weighted by atomic mass is 10.2. The Labute approximate surface area is 118 Å². The second kappa shape index (κ2) is 5.03. The summed E-state index contributed by atoms with van der Waals surface area (Å²) in [5.74, 6) is 0.606. The van der Waals surface area contributed by atoms with Gasteiger partial charge in [0.1, 0.15) is 5.82 Å². The summed E-state index contributed by atoms with van der Waals surface area (Å²) in [6, 6.07) is 7.77. The smallest absolute Gasteiger partial charge is 0.280 e. The fourth-order valence-electron chi connectivity index (χ4n) is 1.59. The molecule has 0 bridgehead atoms. The molecule has 0 amide bonds. The van der Waals surface area contributed by atoms with Crippen molar-refractivity contribution in [2.24, 2.45) is 0 Å². The molecule has 4 nitrogen and oxygen atoms in total. The maximum Gasteiger partial charge on any atom is 0.280 e. The van der Waals surface area contributed by atoms with Crippen LogP contribution < -0.4 is 0 Å². The van der Waals surface area contributed by atoms with Crippen molar-refractivity contribution in [1.29, 1.82) is 0 Å². The first-order chi connectivity index (χ1) is 8.36. The van der Waals surface area contributed by atoms with Gasteiger partial charge >= 0.3 is 0 Å². The van der Waals surface area contributed by atoms with Crippen molar-refractivity contribution in [3.05, 3.63) is 46.3 Å². The van der Waals surface area contributed by atoms with Gasteiger partial charge in [-0.3, -0.25) is 0 Å². The summed E-state index contributed by atoms with van der Waals surface area (Å²) >= 11 is 3.39. The average molecular weight is 350 g/mol. The van der Waals surface area contributed by atoms with Crippen molar-refractivity contribution in [1.82, 2.24) is 9.55 Å². The Morgan fingerprint density at radius 2 is 2.17 bits per heavy atom. The summed E-state index contributed by atoms with van der Waals surface area (Å²) in [6.45, 7) is 2.29. The van der Waals surface area contributed by atoms with Crippen molar-refractivity contribution in [3.63, 3.8) is 0 Å². The number of imidazole rings is 1. The highest BCUT2D eigenvalue weighted by molar-refractivity contribution is 9.10. The number of hydrogen-bond acceptors (Lipinski definition) is 3. The topological polar surface area (TPSA) is 52.0 Å². The van der Waals surface area contributed by atoms with Crippen LogP contribution in [0.3, 0.4) is 0 Å². The maximum atomic E-state index is 11.2. The molecule has 7 heteroatoms. The van der Waals surface area contributed by atoms with Crippen molar-refractivity contribution < 1.29 is 8.42 Å². The third kappa shape index (κ3) is 3.13. The van der Waals surface area contributed by atoms with Crippen LogP contribution in [0, 0.1) is 6.92 Å². The van der Waals surface area contributed by atoms with Gasteiger partial charge in [-0.1, -0.05) is 28.1 Å². The highest BCUT2D eigenvalue weighted by Gasteiger charge is 2.16. The largest absolute Gasteiger partial charge is 0.329 e. The van der Waals surface area contributed by atoms with E-state index in [1.165, 1.54) is 6.20 Å². The Morgan fingerprint density at radius 3 is 2.72 bits per heavy atom. The van der Waals surface area contributed by atoms with Gasteiger partial charge in [-0.25, -0.2) is 13.4 Å². The lowest BCUT2D eigenvalue weighted by Crippen LogP contribution is -2.00. The normalized spacial score (nSPS) is 11.7. The fraction of sp³-hybridized carbons (Fsp3) is 0.182. The Hall–Kier alpha value is -0.850. The average Bonchev–Trinajstić information content (AvgIpc) is 2.60. The minimum Gasteiger partial charge on any atom is -0.329 e. The standard InChI is InChI=1S/C11H10BrClN2O2S/c1-8-14-11(18(13,16)17)7-15(8)6-9-3-2-4-10(12)5-9/h2-5,7H,6H2,1H3. The molecular weight excluding hydrogens is 340 g/mol. The number of nitrogens with zero attached hydrogens (tertiary/aromatic N) is 2. The first kappa shape index (κ1) is 13.6. The Balaban J connectivity index is 2.33. The summed E-state index contributed by atoms with van der Waals surface area (Å²) in [5, 5.41) is -0.114. The van der Waals surface area contributed by atoms with Crippen LogP contribution >= 0.6 is 26.6 Å². The molecule has 0 saturated carbocycles. The molecule has 1 aromatic carbocycles. The van der Waals surface area contributed by atoms with E-state index in [9.17, 15) is 8.42 Å². The molecule has 0 aliphatic heterocycles. The van der Waals surface area contributed by atoms with Crippen LogP contribution in [0.5, 0.6) is 0 Å². The van der Waals surface area contributed by atoms with Crippen LogP contribution in [-0.4, -0.2) is 18.0 Å². The van der Waals surface area contributed by atoms with Crippen LogP contribution in [-0.2, 0) is 15.6 Å². The number of halogens is 2. The molecular formula is C11H10BrClN2O2S. The van der Waals surface area contributed by atoms with Crippen LogP contribution in [0.4, 0.5) is 0 Å². The Bertz CT molecular complexity index is 682. The van der Waals surface area contributed by atoms with Gasteiger partial charge in [0.15, 0.2) is 5.03 Å². The van der Waals surface area contributed by atoms with Crippen LogP contribution in [0.25, 0.3) is 0 Å². The summed E-state index contributed by atoms with van der Waals surface area (Å²) < 4.78 is 25.1. The van der Waals surface area contributed by atoms with E-state index in [1.807, 2.05) is 24.3 Å². The second-order valence-corrected chi connectivity index (χ2v) is 7.25. The highest BCUT2D eigenvalue weighted by atomic mass is 79.9. The number of aryl methyl sites for hydroxylation is 1. The predicted octanol–water partition coefficient (Wildman–Crippen LogP) is 2.93. The SMILES string of the molecule is Cc1nc(S(=O)(=O)Cl)cn1Cc1cccc(Br)c1. The van der Waals surface area contributed by atoms with E-state index in [-0.39, 0.29) is 5.03 Å². The molecule has 2 aromatic rings. The predicted molar refractivity (Wildman–Crippen MR) is 73.2 cm³/mol. The van der Waals surface area contributed by atoms with Crippen molar-refractivity contribution in [3.8, 4) is 0 Å². The number of aromatic nitrogens is 2. The van der Waals surface area contributed by atoms with Gasteiger partial charge in [-0.05, 0) is 24.6 Å². The monoisotopic (exact) mass is 348 g/mol. The fourth-order valence-corrected chi connectivity index (χ4v) is 2.75. The molecule has 0 fully saturated rings. The zero-order valence-corrected chi connectivity index (χ0v) is 12.6. The zero-order chi connectivity index (χ0) is 13.3. The van der Waals surface area contributed by atoms with Crippen LogP contribution in [0.2, 0.25) is 0 Å². The van der Waals surface area contributed by atoms with Crippen molar-refractivity contribution in [2.45, 2.75) is 18.5 Å². The first-order valence-corrected chi connectivity index (χ1v) is 8.19. The summed E-state index contributed by atoms with van der Waals surface area (Å²) in [6.07, 6.45) is 1.44. The van der Waals surface area contributed by atoms with Crippen molar-refractivity contribution in [2.75, 3.05) is 0 Å². The van der Waals surface area contributed by atoms with E-state index in [1.54, 1.807) is 11.5 Å². The Morgan fingerprint density at radius 1 is 1.44 bits per heavy atom. The molecule has 96 valence electrons. The molecule has 18 heavy (non-hydrogen) atoms. The van der Waals surface area contributed by atoms with E-state index in [0.29, 0.717) is 12.4 Å². The van der Waals surface area contributed by atoms with Gasteiger partial charge in [0.05, 0.1) is 0 Å². The molecule has 1 heterocycles. The summed E-state index contributed by atoms with van der Waals surface area (Å²) in [5.41, 5.74) is 1.04. The molecule has 0 radical (unpaired) electrons. The number of hydrogen-bond donors (Lipinski definition) is 0. The third-order valence-electron chi connectivity index (χ3n) is 2.45. The number of benzene rings is 1. The van der Waals surface area contributed by atoms with E-state index < -0.39 is 9.05 Å². The van der Waals surface area contributed by atoms with Gasteiger partial charge < -0.3 is 4.57 Å². The zero-order valence-electron chi connectivity index (χ0n) is 9.47. The van der Waals surface area contributed by atoms with Gasteiger partial charge in [-0.2, -0.15) is 0 Å². The molecule has 2 rings (SSSR count). The van der Waals surface area contributed by atoms with E-state index in [2.05, 4.69) is 20.9 Å². The molecule has 0 unspecified atom stereocenters. The van der Waals surface area contributed by atoms with E-state index in [4.69, 9.17) is 10.7 Å². The van der Waals surface area contributed by atoms with Crippen molar-refractivity contribution >= 4 is 35.7 Å². The molecule has 0 spiro atoms. The molecule has 0 atom stereocenters. The summed E-state index contributed by atoms with van der Waals surface area (Å²) in [7, 11) is 1.49. The summed E-state index contributed by atoms with van der Waals surface area (Å²) in [4.78, 5) is 3.93. The molecule has 0 aliphatic carbocycles. The molecule has 1 aromatic heterocycles. The first-order valence-electron chi connectivity index (χ1n) is 5.09. The van der Waals surface area contributed by atoms with E-state index in [0.717, 1.165) is 10.0 Å². The lowest BCUT2D eigenvalue weighted by Gasteiger charge is -2.05. The quantitative estimate of drug-likeness (QED) is 0.801. The van der Waals surface area contributed by atoms with Gasteiger partial charge in [0.2, 0.25) is 0 Å². The molecule has 0 aliphatic rings. The lowest BCUT2D eigenvalue weighted by molar-refractivity contribution is 0.606. The van der Waals surface area contributed by atoms with Gasteiger partial charge in [0, 0.05) is 27.9 Å². The van der Waals surface area contributed by atoms with E-state index >= 15 is 0 Å². The third-order valence-corrected chi connectivity index (χ3v) is 4.11. The number of rotatable bonds is 3. The molecule has 0 N–H and O–H groups in total. The van der Waals surface area contributed by atoms with Gasteiger partial charge in [0.25, 0.3) is 9.05 Å². The highest BCUT2D eigenvalue weighted by Crippen LogP contribution is 2.17. The van der Waals surface area contributed by atoms with Crippen LogP contribution in [0.15, 0.2) is 40.0 Å². The minimum atomic E-state index is -3.77. The molecule has 0 saturated heterocycles. The van der Waals surface area contributed by atoms with Crippen LogP contribution in [0.1, 0.15) is 11.4 Å². The maximum absolute atomic E-state index is 11.2.